The zero-order chi connectivity index (χ0) is 16.9. The van der Waals surface area contributed by atoms with Crippen molar-refractivity contribution in [3.8, 4) is 0 Å². The standard InChI is InChI=1S/C19H22ClN3O/c1-22(19(24)21-17-9-6-8-16(20)13-17)14-15-7-2-3-10-18(15)23-11-4-5-12-23/h2-3,6-10,13H,4-5,11-12,14H2,1H3,(H,21,24). The number of amides is 2. The van der Waals surface area contributed by atoms with Crippen LogP contribution < -0.4 is 10.2 Å². The third-order valence-corrected chi connectivity index (χ3v) is 4.50. The summed E-state index contributed by atoms with van der Waals surface area (Å²) in [6, 6.07) is 15.4. The predicted molar refractivity (Wildman–Crippen MR) is 99.8 cm³/mol. The SMILES string of the molecule is CN(Cc1ccccc1N1CCCC1)C(=O)Nc1cccc(Cl)c1. The lowest BCUT2D eigenvalue weighted by Crippen LogP contribution is -2.31. The molecule has 0 bridgehead atoms. The summed E-state index contributed by atoms with van der Waals surface area (Å²) in [6.45, 7) is 2.75. The molecule has 3 rings (SSSR count). The van der Waals surface area contributed by atoms with Crippen molar-refractivity contribution in [1.82, 2.24) is 4.90 Å². The first-order valence-corrected chi connectivity index (χ1v) is 8.62. The van der Waals surface area contributed by atoms with Crippen LogP contribution in [0.25, 0.3) is 0 Å². The van der Waals surface area contributed by atoms with Gasteiger partial charge in [-0.3, -0.25) is 0 Å². The van der Waals surface area contributed by atoms with E-state index < -0.39 is 0 Å². The third-order valence-electron chi connectivity index (χ3n) is 4.27. The van der Waals surface area contributed by atoms with Crippen LogP contribution >= 0.6 is 11.6 Å². The van der Waals surface area contributed by atoms with Crippen LogP contribution in [-0.4, -0.2) is 31.1 Å². The Morgan fingerprint density at radius 3 is 2.67 bits per heavy atom. The van der Waals surface area contributed by atoms with Gasteiger partial charge in [0.2, 0.25) is 0 Å². The smallest absolute Gasteiger partial charge is 0.321 e. The molecular weight excluding hydrogens is 322 g/mol. The summed E-state index contributed by atoms with van der Waals surface area (Å²) >= 11 is 5.96. The highest BCUT2D eigenvalue weighted by molar-refractivity contribution is 6.30. The summed E-state index contributed by atoms with van der Waals surface area (Å²) in [6.07, 6.45) is 2.47. The normalized spacial score (nSPS) is 13.8. The summed E-state index contributed by atoms with van der Waals surface area (Å²) in [7, 11) is 1.81. The molecule has 0 aromatic heterocycles. The summed E-state index contributed by atoms with van der Waals surface area (Å²) in [5.41, 5.74) is 3.10. The largest absolute Gasteiger partial charge is 0.371 e. The van der Waals surface area contributed by atoms with Gasteiger partial charge in [-0.25, -0.2) is 4.79 Å². The molecule has 4 nitrogen and oxygen atoms in total. The Labute approximate surface area is 148 Å². The molecule has 126 valence electrons. The minimum Gasteiger partial charge on any atom is -0.371 e. The van der Waals surface area contributed by atoms with E-state index in [9.17, 15) is 4.79 Å². The minimum absolute atomic E-state index is 0.145. The Bertz CT molecular complexity index is 713. The molecule has 0 aliphatic carbocycles. The fraction of sp³-hybridized carbons (Fsp3) is 0.316. The minimum atomic E-state index is -0.145. The summed E-state index contributed by atoms with van der Waals surface area (Å²) in [4.78, 5) is 16.5. The van der Waals surface area contributed by atoms with Gasteiger partial charge in [0.15, 0.2) is 0 Å². The first-order chi connectivity index (χ1) is 11.6. The van der Waals surface area contributed by atoms with Crippen molar-refractivity contribution in [2.75, 3.05) is 30.4 Å². The predicted octanol–water partition coefficient (Wildman–Crippen LogP) is 4.60. The molecule has 2 amide bonds. The Balaban J connectivity index is 1.68. The van der Waals surface area contributed by atoms with Gasteiger partial charge in [-0.05, 0) is 42.7 Å². The number of benzene rings is 2. The molecule has 2 aromatic carbocycles. The van der Waals surface area contributed by atoms with Crippen molar-refractivity contribution in [1.29, 1.82) is 0 Å². The number of halogens is 1. The van der Waals surface area contributed by atoms with Crippen LogP contribution in [0.5, 0.6) is 0 Å². The number of carbonyl (C=O) groups is 1. The van der Waals surface area contributed by atoms with E-state index in [1.807, 2.05) is 18.2 Å². The molecule has 0 unspecified atom stereocenters. The van der Waals surface area contributed by atoms with Crippen LogP contribution in [0.4, 0.5) is 16.2 Å². The fourth-order valence-electron chi connectivity index (χ4n) is 3.02. The van der Waals surface area contributed by atoms with Gasteiger partial charge in [0.25, 0.3) is 0 Å². The van der Waals surface area contributed by atoms with Crippen molar-refractivity contribution >= 4 is 29.0 Å². The van der Waals surface area contributed by atoms with Crippen molar-refractivity contribution in [2.45, 2.75) is 19.4 Å². The molecular formula is C19H22ClN3O. The van der Waals surface area contributed by atoms with E-state index in [1.54, 1.807) is 24.1 Å². The van der Waals surface area contributed by atoms with Crippen LogP contribution in [0.15, 0.2) is 48.5 Å². The number of urea groups is 1. The molecule has 1 fully saturated rings. The van der Waals surface area contributed by atoms with Crippen molar-refractivity contribution < 1.29 is 4.79 Å². The second-order valence-electron chi connectivity index (χ2n) is 6.12. The van der Waals surface area contributed by atoms with Crippen molar-refractivity contribution in [3.05, 3.63) is 59.1 Å². The quantitative estimate of drug-likeness (QED) is 0.880. The van der Waals surface area contributed by atoms with Crippen molar-refractivity contribution in [2.24, 2.45) is 0 Å². The van der Waals surface area contributed by atoms with Gasteiger partial charge in [-0.15, -0.1) is 0 Å². The molecule has 1 aliphatic rings. The maximum Gasteiger partial charge on any atom is 0.321 e. The molecule has 0 atom stereocenters. The van der Waals surface area contributed by atoms with Crippen LogP contribution in [0.2, 0.25) is 5.02 Å². The Morgan fingerprint density at radius 2 is 1.92 bits per heavy atom. The van der Waals surface area contributed by atoms with E-state index >= 15 is 0 Å². The molecule has 24 heavy (non-hydrogen) atoms. The Morgan fingerprint density at radius 1 is 1.17 bits per heavy atom. The summed E-state index contributed by atoms with van der Waals surface area (Å²) in [5, 5.41) is 3.49. The van der Waals surface area contributed by atoms with Gasteiger partial charge in [-0.1, -0.05) is 35.9 Å². The highest BCUT2D eigenvalue weighted by atomic mass is 35.5. The van der Waals surface area contributed by atoms with Gasteiger partial charge in [0, 0.05) is 43.1 Å². The van der Waals surface area contributed by atoms with Gasteiger partial charge < -0.3 is 15.1 Å². The number of hydrogen-bond donors (Lipinski definition) is 1. The lowest BCUT2D eigenvalue weighted by atomic mass is 10.1. The van der Waals surface area contributed by atoms with Crippen LogP contribution in [-0.2, 0) is 6.54 Å². The highest BCUT2D eigenvalue weighted by Gasteiger charge is 2.17. The number of nitrogens with one attached hydrogen (secondary N) is 1. The highest BCUT2D eigenvalue weighted by Crippen LogP contribution is 2.25. The number of rotatable bonds is 4. The van der Waals surface area contributed by atoms with Crippen LogP contribution in [0.1, 0.15) is 18.4 Å². The lowest BCUT2D eigenvalue weighted by molar-refractivity contribution is 0.220. The van der Waals surface area contributed by atoms with E-state index in [2.05, 4.69) is 28.4 Å². The molecule has 1 saturated heterocycles. The van der Waals surface area contributed by atoms with Crippen molar-refractivity contribution in [3.63, 3.8) is 0 Å². The molecule has 1 heterocycles. The summed E-state index contributed by atoms with van der Waals surface area (Å²) in [5.74, 6) is 0. The summed E-state index contributed by atoms with van der Waals surface area (Å²) < 4.78 is 0. The first kappa shape index (κ1) is 16.7. The van der Waals surface area contributed by atoms with E-state index in [0.717, 1.165) is 13.1 Å². The lowest BCUT2D eigenvalue weighted by Gasteiger charge is -2.24. The van der Waals surface area contributed by atoms with Gasteiger partial charge in [0.1, 0.15) is 0 Å². The number of hydrogen-bond acceptors (Lipinski definition) is 2. The molecule has 1 N–H and O–H groups in total. The van der Waals surface area contributed by atoms with E-state index in [0.29, 0.717) is 17.3 Å². The number of nitrogens with zero attached hydrogens (tertiary/aromatic N) is 2. The molecule has 0 radical (unpaired) electrons. The number of anilines is 2. The third kappa shape index (κ3) is 4.01. The molecule has 0 saturated carbocycles. The average Bonchev–Trinajstić information content (AvgIpc) is 3.09. The van der Waals surface area contributed by atoms with Gasteiger partial charge in [0.05, 0.1) is 0 Å². The Kier molecular flexibility index (Phi) is 5.26. The van der Waals surface area contributed by atoms with Crippen LogP contribution in [0, 0.1) is 0 Å². The van der Waals surface area contributed by atoms with E-state index in [1.165, 1.54) is 24.1 Å². The molecule has 0 spiro atoms. The van der Waals surface area contributed by atoms with Gasteiger partial charge in [-0.2, -0.15) is 0 Å². The van der Waals surface area contributed by atoms with E-state index in [4.69, 9.17) is 11.6 Å². The monoisotopic (exact) mass is 343 g/mol. The first-order valence-electron chi connectivity index (χ1n) is 8.24. The second-order valence-corrected chi connectivity index (χ2v) is 6.56. The van der Waals surface area contributed by atoms with Crippen LogP contribution in [0.3, 0.4) is 0 Å². The van der Waals surface area contributed by atoms with Gasteiger partial charge >= 0.3 is 6.03 Å². The zero-order valence-electron chi connectivity index (χ0n) is 13.8. The molecule has 5 heteroatoms. The molecule has 2 aromatic rings. The topological polar surface area (TPSA) is 35.6 Å². The molecule has 1 aliphatic heterocycles. The van der Waals surface area contributed by atoms with E-state index in [-0.39, 0.29) is 6.03 Å². The zero-order valence-corrected chi connectivity index (χ0v) is 14.6. The maximum absolute atomic E-state index is 12.4. The fourth-order valence-corrected chi connectivity index (χ4v) is 3.21. The maximum atomic E-state index is 12.4. The Hall–Kier alpha value is -2.20. The number of para-hydroxylation sites is 1. The second kappa shape index (κ2) is 7.58. The number of carbonyl (C=O) groups excluding carboxylic acids is 1. The average molecular weight is 344 g/mol.